The number of ether oxygens (including phenoxy) is 2. The van der Waals surface area contributed by atoms with Gasteiger partial charge in [-0.05, 0) is 86.8 Å². The Morgan fingerprint density at radius 3 is 2.39 bits per heavy atom. The van der Waals surface area contributed by atoms with Gasteiger partial charge in [-0.25, -0.2) is 9.78 Å². The molecule has 1 aromatic heterocycles. The number of oxazole rings is 1. The summed E-state index contributed by atoms with van der Waals surface area (Å²) in [5, 5.41) is 12.5. The first-order valence-electron chi connectivity index (χ1n) is 13.5. The molecule has 0 spiro atoms. The number of carboxylic acid groups (broad SMARTS) is 1. The van der Waals surface area contributed by atoms with Gasteiger partial charge in [0.2, 0.25) is 5.89 Å². The van der Waals surface area contributed by atoms with Crippen LogP contribution in [0.15, 0.2) is 77.2 Å². The number of rotatable bonds is 13. The lowest BCUT2D eigenvalue weighted by molar-refractivity contribution is -0.149. The van der Waals surface area contributed by atoms with Crippen LogP contribution in [0.4, 0.5) is 11.4 Å². The van der Waals surface area contributed by atoms with Gasteiger partial charge in [0.15, 0.2) is 0 Å². The molecule has 0 aliphatic carbocycles. The fourth-order valence-corrected chi connectivity index (χ4v) is 4.29. The second kappa shape index (κ2) is 13.6. The highest BCUT2D eigenvalue weighted by molar-refractivity contribution is 5.78. The number of aryl methyl sites for hydroxylation is 2. The molecule has 1 heterocycles. The molecule has 4 N–H and O–H groups in total. The van der Waals surface area contributed by atoms with Crippen molar-refractivity contribution in [2.24, 2.45) is 5.73 Å². The van der Waals surface area contributed by atoms with Crippen molar-refractivity contribution in [2.45, 2.75) is 52.2 Å². The molecule has 4 aromatic rings. The number of aromatic nitrogens is 1. The van der Waals surface area contributed by atoms with E-state index in [1.165, 1.54) is 0 Å². The van der Waals surface area contributed by atoms with Gasteiger partial charge in [0.1, 0.15) is 17.6 Å². The highest BCUT2D eigenvalue weighted by atomic mass is 16.5. The first kappa shape index (κ1) is 29.4. The summed E-state index contributed by atoms with van der Waals surface area (Å²) in [5.41, 5.74) is 11.0. The van der Waals surface area contributed by atoms with Crippen LogP contribution >= 0.6 is 0 Å². The van der Waals surface area contributed by atoms with Gasteiger partial charge in [0, 0.05) is 29.8 Å². The van der Waals surface area contributed by atoms with Crippen LogP contribution in [0.25, 0.3) is 11.5 Å². The SMILES string of the molecule is Cc1oc(-c2ccc(Nc3ccccc3)cc2)nc1CCOc1ccc(CCC(=O)O)c(C(N)C(=O)OC(C)C)c1. The molecular weight excluding hydrogens is 522 g/mol. The standard InChI is InChI=1S/C32H35N3O6/c1-20(2)40-32(38)30(33)27-19-26(15-11-22(27)12-16-29(36)37)39-18-17-28-21(3)41-31(35-28)23-9-13-25(14-10-23)34-24-7-5-4-6-8-24/h4-11,13-15,19-20,30,34H,12,16-18,33H2,1-3H3,(H,36,37). The average molecular weight is 558 g/mol. The summed E-state index contributed by atoms with van der Waals surface area (Å²) < 4.78 is 17.2. The third-order valence-corrected chi connectivity index (χ3v) is 6.36. The predicted molar refractivity (Wildman–Crippen MR) is 156 cm³/mol. The van der Waals surface area contributed by atoms with E-state index in [-0.39, 0.29) is 18.9 Å². The number of anilines is 2. The van der Waals surface area contributed by atoms with Gasteiger partial charge in [-0.15, -0.1) is 0 Å². The number of hydrogen-bond acceptors (Lipinski definition) is 8. The third-order valence-electron chi connectivity index (χ3n) is 6.36. The van der Waals surface area contributed by atoms with E-state index in [1.807, 2.05) is 61.5 Å². The lowest BCUT2D eigenvalue weighted by atomic mass is 9.97. The number of carbonyl (C=O) groups excluding carboxylic acids is 1. The van der Waals surface area contributed by atoms with Crippen LogP contribution in [-0.2, 0) is 27.2 Å². The highest BCUT2D eigenvalue weighted by Crippen LogP contribution is 2.27. The van der Waals surface area contributed by atoms with E-state index in [9.17, 15) is 9.59 Å². The van der Waals surface area contributed by atoms with Gasteiger partial charge in [-0.3, -0.25) is 4.79 Å². The molecule has 0 aliphatic heterocycles. The Labute approximate surface area is 239 Å². The lowest BCUT2D eigenvalue weighted by Crippen LogP contribution is -2.27. The number of carbonyl (C=O) groups is 2. The summed E-state index contributed by atoms with van der Waals surface area (Å²) in [6.07, 6.45) is 0.326. The summed E-state index contributed by atoms with van der Waals surface area (Å²) >= 11 is 0. The lowest BCUT2D eigenvalue weighted by Gasteiger charge is -2.18. The van der Waals surface area contributed by atoms with E-state index in [2.05, 4.69) is 10.3 Å². The third kappa shape index (κ3) is 8.18. The van der Waals surface area contributed by atoms with Crippen molar-refractivity contribution < 1.29 is 28.6 Å². The first-order valence-corrected chi connectivity index (χ1v) is 13.5. The molecular formula is C32H35N3O6. The molecule has 0 saturated carbocycles. The molecule has 9 nitrogen and oxygen atoms in total. The molecule has 0 radical (unpaired) electrons. The topological polar surface area (TPSA) is 137 Å². The van der Waals surface area contributed by atoms with Crippen LogP contribution in [0.5, 0.6) is 5.75 Å². The summed E-state index contributed by atoms with van der Waals surface area (Å²) in [4.78, 5) is 28.3. The molecule has 1 unspecified atom stereocenters. The Balaban J connectivity index is 1.40. The van der Waals surface area contributed by atoms with Crippen LogP contribution in [0.2, 0.25) is 0 Å². The number of hydrogen-bond donors (Lipinski definition) is 3. The molecule has 9 heteroatoms. The highest BCUT2D eigenvalue weighted by Gasteiger charge is 2.23. The zero-order chi connectivity index (χ0) is 29.4. The fourth-order valence-electron chi connectivity index (χ4n) is 4.29. The van der Waals surface area contributed by atoms with E-state index in [1.54, 1.807) is 32.0 Å². The number of esters is 1. The van der Waals surface area contributed by atoms with Crippen molar-refractivity contribution in [1.82, 2.24) is 4.98 Å². The Bertz CT molecular complexity index is 1460. The number of para-hydroxylation sites is 1. The Morgan fingerprint density at radius 1 is 1.00 bits per heavy atom. The minimum atomic E-state index is -1.06. The van der Waals surface area contributed by atoms with Crippen molar-refractivity contribution in [1.29, 1.82) is 0 Å². The Morgan fingerprint density at radius 2 is 1.71 bits per heavy atom. The number of benzene rings is 3. The minimum absolute atomic E-state index is 0.0841. The molecule has 0 bridgehead atoms. The van der Waals surface area contributed by atoms with E-state index in [0.717, 1.165) is 22.6 Å². The largest absolute Gasteiger partial charge is 0.493 e. The van der Waals surface area contributed by atoms with Crippen molar-refractivity contribution in [3.8, 4) is 17.2 Å². The Kier molecular flexibility index (Phi) is 9.76. The van der Waals surface area contributed by atoms with Crippen molar-refractivity contribution in [3.63, 3.8) is 0 Å². The van der Waals surface area contributed by atoms with Crippen LogP contribution < -0.4 is 15.8 Å². The molecule has 0 saturated heterocycles. The number of aliphatic carboxylic acids is 1. The van der Waals surface area contributed by atoms with Gasteiger partial charge in [0.25, 0.3) is 0 Å². The van der Waals surface area contributed by atoms with Crippen LogP contribution in [0.3, 0.4) is 0 Å². The van der Waals surface area contributed by atoms with Crippen molar-refractivity contribution >= 4 is 23.3 Å². The Hall–Kier alpha value is -4.63. The van der Waals surface area contributed by atoms with Gasteiger partial charge in [-0.1, -0.05) is 24.3 Å². The van der Waals surface area contributed by atoms with Crippen LogP contribution in [-0.4, -0.2) is 34.7 Å². The van der Waals surface area contributed by atoms with E-state index < -0.39 is 18.0 Å². The fraction of sp³-hybridized carbons (Fsp3) is 0.281. The van der Waals surface area contributed by atoms with Gasteiger partial charge >= 0.3 is 11.9 Å². The molecule has 41 heavy (non-hydrogen) atoms. The van der Waals surface area contributed by atoms with E-state index in [4.69, 9.17) is 24.7 Å². The maximum Gasteiger partial charge on any atom is 0.327 e. The smallest absolute Gasteiger partial charge is 0.327 e. The molecule has 3 aromatic carbocycles. The number of nitrogens with two attached hydrogens (primary N) is 1. The predicted octanol–water partition coefficient (Wildman–Crippen LogP) is 5.98. The average Bonchev–Trinajstić information content (AvgIpc) is 3.32. The molecule has 0 aliphatic rings. The van der Waals surface area contributed by atoms with Crippen LogP contribution in [0, 0.1) is 6.92 Å². The zero-order valence-electron chi connectivity index (χ0n) is 23.4. The second-order valence-electron chi connectivity index (χ2n) is 9.91. The minimum Gasteiger partial charge on any atom is -0.493 e. The molecule has 4 rings (SSSR count). The molecule has 1 atom stereocenters. The summed E-state index contributed by atoms with van der Waals surface area (Å²) in [6.45, 7) is 5.66. The first-order chi connectivity index (χ1) is 19.7. The zero-order valence-corrected chi connectivity index (χ0v) is 23.4. The number of nitrogens with zero attached hydrogens (tertiary/aromatic N) is 1. The normalized spacial score (nSPS) is 11.7. The number of carboxylic acids is 1. The number of nitrogens with one attached hydrogen (secondary N) is 1. The second-order valence-corrected chi connectivity index (χ2v) is 9.91. The maximum absolute atomic E-state index is 12.5. The molecule has 0 amide bonds. The van der Waals surface area contributed by atoms with Crippen LogP contribution in [0.1, 0.15) is 48.9 Å². The summed E-state index contributed by atoms with van der Waals surface area (Å²) in [7, 11) is 0. The van der Waals surface area contributed by atoms with E-state index in [0.29, 0.717) is 41.6 Å². The van der Waals surface area contributed by atoms with Gasteiger partial charge < -0.3 is 30.0 Å². The maximum atomic E-state index is 12.5. The van der Waals surface area contributed by atoms with Crippen molar-refractivity contribution in [3.05, 3.63) is 95.4 Å². The van der Waals surface area contributed by atoms with E-state index >= 15 is 0 Å². The van der Waals surface area contributed by atoms with Gasteiger partial charge in [-0.2, -0.15) is 0 Å². The molecule has 214 valence electrons. The van der Waals surface area contributed by atoms with Gasteiger partial charge in [0.05, 0.1) is 18.4 Å². The monoisotopic (exact) mass is 557 g/mol. The molecule has 0 fully saturated rings. The van der Waals surface area contributed by atoms with Crippen molar-refractivity contribution in [2.75, 3.05) is 11.9 Å². The quantitative estimate of drug-likeness (QED) is 0.169. The summed E-state index contributed by atoms with van der Waals surface area (Å²) in [5.74, 6) is 0.233. The summed E-state index contributed by atoms with van der Waals surface area (Å²) in [6, 6.07) is 21.9.